The Morgan fingerprint density at radius 1 is 1.42 bits per heavy atom. The van der Waals surface area contributed by atoms with Crippen LogP contribution in [0.4, 0.5) is 5.69 Å². The smallest absolute Gasteiger partial charge is 0.270 e. The van der Waals surface area contributed by atoms with E-state index in [0.29, 0.717) is 10.6 Å². The number of non-ortho nitro benzene ring substituents is 1. The lowest BCUT2D eigenvalue weighted by Gasteiger charge is -2.27. The van der Waals surface area contributed by atoms with Gasteiger partial charge in [0, 0.05) is 45.7 Å². The summed E-state index contributed by atoms with van der Waals surface area (Å²) in [5, 5.41) is 14.2. The molecular weight excluding hydrogens is 350 g/mol. The lowest BCUT2D eigenvalue weighted by atomic mass is 9.89. The van der Waals surface area contributed by atoms with Crippen molar-refractivity contribution in [2.24, 2.45) is 10.4 Å². The maximum Gasteiger partial charge on any atom is 0.270 e. The molecule has 0 aliphatic carbocycles. The van der Waals surface area contributed by atoms with E-state index in [4.69, 9.17) is 11.6 Å². The first-order valence-corrected chi connectivity index (χ1v) is 8.52. The molecule has 1 heterocycles. The van der Waals surface area contributed by atoms with Crippen LogP contribution in [0.25, 0.3) is 4.91 Å². The Morgan fingerprint density at radius 2 is 2.08 bits per heavy atom. The zero-order chi connectivity index (χ0) is 18.1. The highest BCUT2D eigenvalue weighted by molar-refractivity contribution is 8.09. The molecule has 2 rings (SSSR count). The Kier molecular flexibility index (Phi) is 5.35. The van der Waals surface area contributed by atoms with Crippen LogP contribution in [-0.4, -0.2) is 22.0 Å². The van der Waals surface area contributed by atoms with Crippen molar-refractivity contribution in [3.63, 3.8) is 0 Å². The third kappa shape index (κ3) is 4.36. The van der Waals surface area contributed by atoms with Crippen molar-refractivity contribution in [3.05, 3.63) is 45.0 Å². The summed E-state index contributed by atoms with van der Waals surface area (Å²) in [4.78, 5) is 27.3. The molecule has 128 valence electrons. The monoisotopic (exact) mass is 367 g/mol. The summed E-state index contributed by atoms with van der Waals surface area (Å²) in [6.45, 7) is 7.45. The van der Waals surface area contributed by atoms with Gasteiger partial charge in [-0.2, -0.15) is 0 Å². The van der Waals surface area contributed by atoms with E-state index < -0.39 is 10.4 Å². The summed E-state index contributed by atoms with van der Waals surface area (Å²) in [6.07, 6.45) is 1.87. The predicted molar refractivity (Wildman–Crippen MR) is 98.2 cm³/mol. The number of allylic oxidation sites excluding steroid dienone is 1. The summed E-state index contributed by atoms with van der Waals surface area (Å²) in [7, 11) is 0. The maximum atomic E-state index is 11.4. The number of benzene rings is 1. The van der Waals surface area contributed by atoms with Crippen LogP contribution < -0.4 is 5.32 Å². The van der Waals surface area contributed by atoms with E-state index in [9.17, 15) is 14.9 Å². The quantitative estimate of drug-likeness (QED) is 0.639. The summed E-state index contributed by atoms with van der Waals surface area (Å²) >= 11 is 7.55. The van der Waals surface area contributed by atoms with E-state index in [1.807, 2.05) is 26.8 Å². The second-order valence-electron chi connectivity index (χ2n) is 6.36. The topological polar surface area (TPSA) is 84.6 Å². The molecule has 0 fully saturated rings. The van der Waals surface area contributed by atoms with Crippen LogP contribution in [0.5, 0.6) is 0 Å². The van der Waals surface area contributed by atoms with Gasteiger partial charge in [-0.25, -0.2) is 0 Å². The lowest BCUT2D eigenvalue weighted by molar-refractivity contribution is -0.384. The number of thioether (sulfide) groups is 1. The van der Waals surface area contributed by atoms with Gasteiger partial charge in [-0.3, -0.25) is 19.9 Å². The standard InChI is InChI=1S/C16H18ClN3O3S/c1-9(21)18-15-19-14(16(2,3)4)8-13(24-15)11-7-10(20(22)23)5-6-12(11)17/h5-8,15H,1-4H3,(H,18,21). The molecular formula is C16H18ClN3O3S. The molecule has 1 aliphatic heterocycles. The van der Waals surface area contributed by atoms with Crippen LogP contribution in [-0.2, 0) is 4.79 Å². The van der Waals surface area contributed by atoms with E-state index in [1.54, 1.807) is 0 Å². The first-order chi connectivity index (χ1) is 11.1. The van der Waals surface area contributed by atoms with Crippen molar-refractivity contribution >= 4 is 45.6 Å². The largest absolute Gasteiger partial charge is 0.326 e. The molecule has 24 heavy (non-hydrogen) atoms. The van der Waals surface area contributed by atoms with Gasteiger partial charge in [0.2, 0.25) is 5.91 Å². The number of carbonyl (C=O) groups is 1. The van der Waals surface area contributed by atoms with Gasteiger partial charge in [0.1, 0.15) is 0 Å². The van der Waals surface area contributed by atoms with Crippen LogP contribution in [0, 0.1) is 15.5 Å². The van der Waals surface area contributed by atoms with Crippen LogP contribution in [0.1, 0.15) is 33.3 Å². The van der Waals surface area contributed by atoms with Crippen LogP contribution >= 0.6 is 23.4 Å². The molecule has 1 aliphatic rings. The molecule has 0 saturated heterocycles. The van der Waals surface area contributed by atoms with Crippen LogP contribution in [0.2, 0.25) is 5.02 Å². The second kappa shape index (κ2) is 6.94. The molecule has 1 unspecified atom stereocenters. The second-order valence-corrected chi connectivity index (χ2v) is 7.89. The molecule has 1 aromatic rings. The minimum absolute atomic E-state index is 0.0354. The number of nitro benzene ring substituents is 1. The van der Waals surface area contributed by atoms with Gasteiger partial charge in [0.05, 0.1) is 4.92 Å². The number of nitro groups is 1. The summed E-state index contributed by atoms with van der Waals surface area (Å²) < 4.78 is 0. The van der Waals surface area contributed by atoms with Gasteiger partial charge < -0.3 is 5.32 Å². The highest BCUT2D eigenvalue weighted by atomic mass is 35.5. The predicted octanol–water partition coefficient (Wildman–Crippen LogP) is 4.24. The average molecular weight is 368 g/mol. The molecule has 0 bridgehead atoms. The van der Waals surface area contributed by atoms with Crippen molar-refractivity contribution in [1.29, 1.82) is 0 Å². The molecule has 1 N–H and O–H groups in total. The van der Waals surface area contributed by atoms with E-state index in [-0.39, 0.29) is 17.0 Å². The number of nitrogens with zero attached hydrogens (tertiary/aromatic N) is 2. The fourth-order valence-electron chi connectivity index (χ4n) is 2.07. The van der Waals surface area contributed by atoms with Gasteiger partial charge in [0.15, 0.2) is 5.50 Å². The molecule has 1 atom stereocenters. The van der Waals surface area contributed by atoms with Crippen molar-refractivity contribution in [2.45, 2.75) is 33.2 Å². The molecule has 8 heteroatoms. The third-order valence-electron chi connectivity index (χ3n) is 3.28. The minimum atomic E-state index is -0.493. The number of halogens is 1. The first kappa shape index (κ1) is 18.5. The Bertz CT molecular complexity index is 753. The first-order valence-electron chi connectivity index (χ1n) is 7.26. The number of nitrogens with one attached hydrogen (secondary N) is 1. The molecule has 1 aromatic carbocycles. The number of hydrogen-bond acceptors (Lipinski definition) is 5. The number of carbonyl (C=O) groups excluding carboxylic acids is 1. The zero-order valence-corrected chi connectivity index (χ0v) is 15.4. The highest BCUT2D eigenvalue weighted by Gasteiger charge is 2.27. The van der Waals surface area contributed by atoms with Gasteiger partial charge in [-0.05, 0) is 12.1 Å². The van der Waals surface area contributed by atoms with Gasteiger partial charge in [0.25, 0.3) is 5.69 Å². The maximum absolute atomic E-state index is 11.4. The number of aliphatic imine (C=N–C) groups is 1. The van der Waals surface area contributed by atoms with Crippen LogP contribution in [0.15, 0.2) is 29.3 Å². The van der Waals surface area contributed by atoms with E-state index in [1.165, 1.54) is 36.9 Å². The van der Waals surface area contributed by atoms with Crippen LogP contribution in [0.3, 0.4) is 0 Å². The summed E-state index contributed by atoms with van der Waals surface area (Å²) in [6, 6.07) is 4.31. The van der Waals surface area contributed by atoms with E-state index in [0.717, 1.165) is 10.6 Å². The molecule has 0 aromatic heterocycles. The van der Waals surface area contributed by atoms with Gasteiger partial charge in [-0.1, -0.05) is 44.1 Å². The molecule has 0 radical (unpaired) electrons. The number of rotatable bonds is 3. The normalized spacial score (nSPS) is 17.8. The average Bonchev–Trinajstić information content (AvgIpc) is 2.45. The summed E-state index contributed by atoms with van der Waals surface area (Å²) in [5.74, 6) is -0.198. The highest BCUT2D eigenvalue weighted by Crippen LogP contribution is 2.40. The fraction of sp³-hybridized carbons (Fsp3) is 0.375. The van der Waals surface area contributed by atoms with E-state index in [2.05, 4.69) is 10.3 Å². The van der Waals surface area contributed by atoms with Crippen molar-refractivity contribution in [2.75, 3.05) is 0 Å². The Hall–Kier alpha value is -1.86. The summed E-state index contributed by atoms with van der Waals surface area (Å²) in [5.41, 5.74) is 0.579. The molecule has 0 saturated carbocycles. The Morgan fingerprint density at radius 3 is 2.62 bits per heavy atom. The van der Waals surface area contributed by atoms with Crippen molar-refractivity contribution in [3.8, 4) is 0 Å². The minimum Gasteiger partial charge on any atom is -0.326 e. The SMILES string of the molecule is CC(=O)NC1N=C(C(C)(C)C)C=C(c2cc([N+](=O)[O-])ccc2Cl)S1. The molecule has 0 spiro atoms. The number of hydrogen-bond donors (Lipinski definition) is 1. The van der Waals surface area contributed by atoms with Crippen molar-refractivity contribution in [1.82, 2.24) is 5.32 Å². The number of amides is 1. The third-order valence-corrected chi connectivity index (χ3v) is 4.65. The van der Waals surface area contributed by atoms with Gasteiger partial charge >= 0.3 is 0 Å². The van der Waals surface area contributed by atoms with Gasteiger partial charge in [-0.15, -0.1) is 0 Å². The van der Waals surface area contributed by atoms with Crippen molar-refractivity contribution < 1.29 is 9.72 Å². The Balaban J connectivity index is 2.50. The van der Waals surface area contributed by atoms with E-state index >= 15 is 0 Å². The lowest BCUT2D eigenvalue weighted by Crippen LogP contribution is -2.33. The molecule has 6 nitrogen and oxygen atoms in total. The Labute approximate surface area is 149 Å². The molecule has 1 amide bonds. The zero-order valence-electron chi connectivity index (χ0n) is 13.8. The fourth-order valence-corrected chi connectivity index (χ4v) is 3.45.